The molecule has 0 aromatic heterocycles. The fourth-order valence-corrected chi connectivity index (χ4v) is 2.83. The molecule has 110 valence electrons. The molecule has 1 aromatic rings. The Kier molecular flexibility index (Phi) is 4.74. The summed E-state index contributed by atoms with van der Waals surface area (Å²) in [5.74, 6) is 0.319. The Morgan fingerprint density at radius 3 is 2.45 bits per heavy atom. The van der Waals surface area contributed by atoms with Gasteiger partial charge < -0.3 is 10.6 Å². The summed E-state index contributed by atoms with van der Waals surface area (Å²) in [5, 5.41) is 5.40. The summed E-state index contributed by atoms with van der Waals surface area (Å²) < 4.78 is 26.6. The van der Waals surface area contributed by atoms with Crippen LogP contribution >= 0.6 is 0 Å². The zero-order chi connectivity index (χ0) is 14.6. The third-order valence-corrected chi connectivity index (χ3v) is 4.48. The summed E-state index contributed by atoms with van der Waals surface area (Å²) in [7, 11) is -1.76. The van der Waals surface area contributed by atoms with Crippen molar-refractivity contribution in [3.8, 4) is 0 Å². The van der Waals surface area contributed by atoms with E-state index < -0.39 is 10.0 Å². The number of benzene rings is 1. The van der Waals surface area contributed by atoms with Gasteiger partial charge in [-0.05, 0) is 50.1 Å². The quantitative estimate of drug-likeness (QED) is 0.685. The summed E-state index contributed by atoms with van der Waals surface area (Å²) in [5.41, 5.74) is 0.575. The van der Waals surface area contributed by atoms with Gasteiger partial charge in [0, 0.05) is 12.2 Å². The van der Waals surface area contributed by atoms with E-state index in [0.29, 0.717) is 18.2 Å². The maximum absolute atomic E-state index is 12.0. The number of sulfonamides is 1. The van der Waals surface area contributed by atoms with E-state index in [9.17, 15) is 13.2 Å². The number of rotatable bonds is 7. The molecule has 1 fully saturated rings. The van der Waals surface area contributed by atoms with Gasteiger partial charge in [0.25, 0.3) is 0 Å². The number of carbonyl (C=O) groups is 1. The van der Waals surface area contributed by atoms with E-state index in [-0.39, 0.29) is 17.3 Å². The van der Waals surface area contributed by atoms with Gasteiger partial charge in [-0.2, -0.15) is 0 Å². The molecule has 0 atom stereocenters. The largest absolute Gasteiger partial charge is 0.325 e. The Morgan fingerprint density at radius 2 is 1.90 bits per heavy atom. The Labute approximate surface area is 119 Å². The van der Waals surface area contributed by atoms with Gasteiger partial charge in [0.2, 0.25) is 15.9 Å². The van der Waals surface area contributed by atoms with Crippen molar-refractivity contribution in [3.63, 3.8) is 0 Å². The van der Waals surface area contributed by atoms with Crippen molar-refractivity contribution in [3.05, 3.63) is 24.3 Å². The SMILES string of the molecule is CNCC(=O)Nc1ccc(S(=O)(=O)NCC2CC2)cc1. The topological polar surface area (TPSA) is 87.3 Å². The maximum atomic E-state index is 12.0. The van der Waals surface area contributed by atoms with Gasteiger partial charge in [0.15, 0.2) is 0 Å². The molecule has 0 saturated heterocycles. The summed E-state index contributed by atoms with van der Waals surface area (Å²) in [6, 6.07) is 6.15. The number of anilines is 1. The Morgan fingerprint density at radius 1 is 1.25 bits per heavy atom. The first-order chi connectivity index (χ1) is 9.51. The highest BCUT2D eigenvalue weighted by Gasteiger charge is 2.24. The van der Waals surface area contributed by atoms with Crippen molar-refractivity contribution in [2.24, 2.45) is 5.92 Å². The van der Waals surface area contributed by atoms with Crippen molar-refractivity contribution < 1.29 is 13.2 Å². The molecule has 2 rings (SSSR count). The molecule has 1 aromatic carbocycles. The number of hydrogen-bond donors (Lipinski definition) is 3. The lowest BCUT2D eigenvalue weighted by Crippen LogP contribution is -2.26. The van der Waals surface area contributed by atoms with E-state index in [1.807, 2.05) is 0 Å². The van der Waals surface area contributed by atoms with Crippen molar-refractivity contribution in [1.29, 1.82) is 0 Å². The highest BCUT2D eigenvalue weighted by atomic mass is 32.2. The van der Waals surface area contributed by atoms with Crippen LogP contribution in [0.5, 0.6) is 0 Å². The molecule has 0 unspecified atom stereocenters. The van der Waals surface area contributed by atoms with Crippen LogP contribution in [0.25, 0.3) is 0 Å². The molecule has 0 radical (unpaired) electrons. The van der Waals surface area contributed by atoms with Crippen LogP contribution in [0, 0.1) is 5.92 Å². The van der Waals surface area contributed by atoms with Crippen LogP contribution in [-0.4, -0.2) is 34.5 Å². The fraction of sp³-hybridized carbons (Fsp3) is 0.462. The second-order valence-electron chi connectivity index (χ2n) is 4.90. The average Bonchev–Trinajstić information content (AvgIpc) is 3.21. The van der Waals surface area contributed by atoms with Gasteiger partial charge in [0.1, 0.15) is 0 Å². The van der Waals surface area contributed by atoms with Crippen LogP contribution < -0.4 is 15.4 Å². The molecule has 7 heteroatoms. The number of carbonyl (C=O) groups excluding carboxylic acids is 1. The molecule has 0 heterocycles. The van der Waals surface area contributed by atoms with E-state index in [1.165, 1.54) is 12.1 Å². The molecule has 0 aliphatic heterocycles. The molecule has 6 nitrogen and oxygen atoms in total. The molecule has 1 amide bonds. The van der Waals surface area contributed by atoms with Gasteiger partial charge in [0.05, 0.1) is 11.4 Å². The van der Waals surface area contributed by atoms with Crippen LogP contribution in [-0.2, 0) is 14.8 Å². The first-order valence-electron chi connectivity index (χ1n) is 6.55. The van der Waals surface area contributed by atoms with E-state index in [4.69, 9.17) is 0 Å². The summed E-state index contributed by atoms with van der Waals surface area (Å²) in [6.07, 6.45) is 2.19. The molecule has 20 heavy (non-hydrogen) atoms. The predicted molar refractivity (Wildman–Crippen MR) is 76.9 cm³/mol. The number of likely N-dealkylation sites (N-methyl/N-ethyl adjacent to an activating group) is 1. The zero-order valence-corrected chi connectivity index (χ0v) is 12.2. The van der Waals surface area contributed by atoms with Gasteiger partial charge in [-0.1, -0.05) is 0 Å². The number of nitrogens with one attached hydrogen (secondary N) is 3. The molecular formula is C13H19N3O3S. The maximum Gasteiger partial charge on any atom is 0.240 e. The van der Waals surface area contributed by atoms with Crippen LogP contribution in [0.3, 0.4) is 0 Å². The van der Waals surface area contributed by atoms with Crippen LogP contribution in [0.2, 0.25) is 0 Å². The van der Waals surface area contributed by atoms with Gasteiger partial charge in [-0.15, -0.1) is 0 Å². The Hall–Kier alpha value is -1.44. The third-order valence-electron chi connectivity index (χ3n) is 3.04. The Bertz CT molecular complexity index is 565. The average molecular weight is 297 g/mol. The van der Waals surface area contributed by atoms with E-state index >= 15 is 0 Å². The molecule has 0 spiro atoms. The van der Waals surface area contributed by atoms with Crippen LogP contribution in [0.1, 0.15) is 12.8 Å². The monoisotopic (exact) mass is 297 g/mol. The number of hydrogen-bond acceptors (Lipinski definition) is 4. The second-order valence-corrected chi connectivity index (χ2v) is 6.67. The van der Waals surface area contributed by atoms with E-state index in [0.717, 1.165) is 12.8 Å². The third kappa shape index (κ3) is 4.29. The first-order valence-corrected chi connectivity index (χ1v) is 8.04. The minimum absolute atomic E-state index is 0.171. The molecule has 3 N–H and O–H groups in total. The molecule has 1 aliphatic rings. The summed E-state index contributed by atoms with van der Waals surface area (Å²) in [6.45, 7) is 0.714. The normalized spacial score (nSPS) is 15.1. The minimum Gasteiger partial charge on any atom is -0.325 e. The van der Waals surface area contributed by atoms with Gasteiger partial charge >= 0.3 is 0 Å². The van der Waals surface area contributed by atoms with Crippen molar-refractivity contribution >= 4 is 21.6 Å². The fourth-order valence-electron chi connectivity index (χ4n) is 1.72. The zero-order valence-electron chi connectivity index (χ0n) is 11.3. The molecule has 1 saturated carbocycles. The second kappa shape index (κ2) is 6.34. The Balaban J connectivity index is 1.97. The van der Waals surface area contributed by atoms with Crippen molar-refractivity contribution in [2.75, 3.05) is 25.5 Å². The van der Waals surface area contributed by atoms with E-state index in [1.54, 1.807) is 19.2 Å². The summed E-state index contributed by atoms with van der Waals surface area (Å²) >= 11 is 0. The first kappa shape index (κ1) is 15.0. The smallest absolute Gasteiger partial charge is 0.240 e. The predicted octanol–water partition coefficient (Wildman–Crippen LogP) is 0.533. The summed E-state index contributed by atoms with van der Waals surface area (Å²) in [4.78, 5) is 11.6. The molecule has 1 aliphatic carbocycles. The minimum atomic E-state index is -3.45. The van der Waals surface area contributed by atoms with Crippen LogP contribution in [0.4, 0.5) is 5.69 Å². The standard InChI is InChI=1S/C13H19N3O3S/c1-14-9-13(17)16-11-4-6-12(7-5-11)20(18,19)15-8-10-2-3-10/h4-7,10,14-15H,2-3,8-9H2,1H3,(H,16,17). The van der Waals surface area contributed by atoms with Gasteiger partial charge in [-0.25, -0.2) is 13.1 Å². The lowest BCUT2D eigenvalue weighted by atomic mass is 10.3. The van der Waals surface area contributed by atoms with Crippen molar-refractivity contribution in [2.45, 2.75) is 17.7 Å². The lowest BCUT2D eigenvalue weighted by molar-refractivity contribution is -0.115. The van der Waals surface area contributed by atoms with Gasteiger partial charge in [-0.3, -0.25) is 4.79 Å². The molecular weight excluding hydrogens is 278 g/mol. The van der Waals surface area contributed by atoms with E-state index in [2.05, 4.69) is 15.4 Å². The van der Waals surface area contributed by atoms with Crippen molar-refractivity contribution in [1.82, 2.24) is 10.0 Å². The lowest BCUT2D eigenvalue weighted by Gasteiger charge is -2.08. The highest BCUT2D eigenvalue weighted by molar-refractivity contribution is 7.89. The highest BCUT2D eigenvalue weighted by Crippen LogP contribution is 2.28. The van der Waals surface area contributed by atoms with Crippen LogP contribution in [0.15, 0.2) is 29.2 Å². The number of amides is 1. The molecule has 0 bridgehead atoms.